The van der Waals surface area contributed by atoms with Crippen molar-refractivity contribution in [2.24, 2.45) is 0 Å². The molecule has 3 rings (SSSR count). The molecule has 3 N–H and O–H groups in total. The van der Waals surface area contributed by atoms with Crippen LogP contribution in [0.5, 0.6) is 0 Å². The molecule has 2 aromatic rings. The van der Waals surface area contributed by atoms with E-state index in [1.54, 1.807) is 19.9 Å². The van der Waals surface area contributed by atoms with Gasteiger partial charge in [0.25, 0.3) is 10.0 Å². The lowest BCUT2D eigenvalue weighted by Crippen LogP contribution is -2.30. The third-order valence-electron chi connectivity index (χ3n) is 3.59. The van der Waals surface area contributed by atoms with E-state index >= 15 is 0 Å². The molecule has 7 heteroatoms. The average Bonchev–Trinajstić information content (AvgIpc) is 2.95. The molecule has 0 saturated heterocycles. The van der Waals surface area contributed by atoms with Crippen molar-refractivity contribution < 1.29 is 8.42 Å². The second-order valence-corrected chi connectivity index (χ2v) is 6.74. The standard InChI is InChI=1S/C13H16N4O2S/c1-8-13(9(2)16-15-8)20(18,19)17-7-6-10-4-3-5-11(14)12(10)17/h3-5H,6-7,14H2,1-2H3,(H,15,16). The lowest BCUT2D eigenvalue weighted by Gasteiger charge is -2.21. The molecule has 20 heavy (non-hydrogen) atoms. The number of anilines is 2. The highest BCUT2D eigenvalue weighted by Gasteiger charge is 2.35. The van der Waals surface area contributed by atoms with Crippen molar-refractivity contribution in [3.8, 4) is 0 Å². The largest absolute Gasteiger partial charge is 0.397 e. The van der Waals surface area contributed by atoms with Crippen molar-refractivity contribution in [2.75, 3.05) is 16.6 Å². The van der Waals surface area contributed by atoms with Gasteiger partial charge in [-0.25, -0.2) is 8.42 Å². The summed E-state index contributed by atoms with van der Waals surface area (Å²) in [7, 11) is -3.63. The first-order valence-corrected chi connectivity index (χ1v) is 7.78. The van der Waals surface area contributed by atoms with Gasteiger partial charge in [-0.1, -0.05) is 12.1 Å². The zero-order valence-corrected chi connectivity index (χ0v) is 12.2. The molecule has 0 radical (unpaired) electrons. The molecule has 2 heterocycles. The molecule has 0 amide bonds. The highest BCUT2D eigenvalue weighted by atomic mass is 32.2. The number of nitrogens with one attached hydrogen (secondary N) is 1. The van der Waals surface area contributed by atoms with Gasteiger partial charge in [-0.05, 0) is 31.9 Å². The van der Waals surface area contributed by atoms with Gasteiger partial charge in [-0.2, -0.15) is 5.10 Å². The van der Waals surface area contributed by atoms with Crippen LogP contribution in [0.1, 0.15) is 17.0 Å². The number of hydrogen-bond acceptors (Lipinski definition) is 4. The summed E-state index contributed by atoms with van der Waals surface area (Å²) in [6.07, 6.45) is 0.676. The summed E-state index contributed by atoms with van der Waals surface area (Å²) in [6, 6.07) is 5.48. The number of fused-ring (bicyclic) bond motifs is 1. The number of rotatable bonds is 2. The highest BCUT2D eigenvalue weighted by molar-refractivity contribution is 7.93. The molecular weight excluding hydrogens is 276 g/mol. The van der Waals surface area contributed by atoms with Crippen LogP contribution in [0.3, 0.4) is 0 Å². The first kappa shape index (κ1) is 13.0. The maximum atomic E-state index is 12.9. The quantitative estimate of drug-likeness (QED) is 0.817. The monoisotopic (exact) mass is 292 g/mol. The van der Waals surface area contributed by atoms with E-state index in [9.17, 15) is 8.42 Å². The third-order valence-corrected chi connectivity index (χ3v) is 5.66. The zero-order valence-electron chi connectivity index (χ0n) is 11.3. The van der Waals surface area contributed by atoms with E-state index < -0.39 is 10.0 Å². The van der Waals surface area contributed by atoms with Gasteiger partial charge < -0.3 is 5.73 Å². The fourth-order valence-corrected chi connectivity index (χ4v) is 4.59. The number of aromatic nitrogens is 2. The van der Waals surface area contributed by atoms with Crippen molar-refractivity contribution in [1.29, 1.82) is 0 Å². The molecule has 1 aromatic carbocycles. The Kier molecular flexibility index (Phi) is 2.75. The van der Waals surface area contributed by atoms with E-state index in [4.69, 9.17) is 5.73 Å². The predicted octanol–water partition coefficient (Wildman–Crippen LogP) is 1.36. The first-order chi connectivity index (χ1) is 9.43. The fourth-order valence-electron chi connectivity index (χ4n) is 2.72. The minimum Gasteiger partial charge on any atom is -0.397 e. The number of nitrogens with zero attached hydrogens (tertiary/aromatic N) is 2. The van der Waals surface area contributed by atoms with Crippen molar-refractivity contribution in [2.45, 2.75) is 25.2 Å². The van der Waals surface area contributed by atoms with Gasteiger partial charge in [-0.15, -0.1) is 0 Å². The SMILES string of the molecule is Cc1n[nH]c(C)c1S(=O)(=O)N1CCc2cccc(N)c21. The first-order valence-electron chi connectivity index (χ1n) is 6.34. The Hall–Kier alpha value is -2.02. The minimum atomic E-state index is -3.63. The lowest BCUT2D eigenvalue weighted by molar-refractivity contribution is 0.591. The van der Waals surface area contributed by atoms with Crippen LogP contribution in [-0.2, 0) is 16.4 Å². The van der Waals surface area contributed by atoms with Gasteiger partial charge in [0.15, 0.2) is 0 Å². The van der Waals surface area contributed by atoms with Crippen molar-refractivity contribution in [1.82, 2.24) is 10.2 Å². The number of hydrogen-bond donors (Lipinski definition) is 2. The minimum absolute atomic E-state index is 0.244. The molecule has 106 valence electrons. The Bertz CT molecular complexity index is 760. The average molecular weight is 292 g/mol. The van der Waals surface area contributed by atoms with Crippen LogP contribution >= 0.6 is 0 Å². The second kappa shape index (κ2) is 4.24. The zero-order chi connectivity index (χ0) is 14.5. The number of para-hydroxylation sites is 1. The number of sulfonamides is 1. The summed E-state index contributed by atoms with van der Waals surface area (Å²) in [5.41, 5.74) is 9.04. The molecule has 6 nitrogen and oxygen atoms in total. The summed E-state index contributed by atoms with van der Waals surface area (Å²) >= 11 is 0. The number of aryl methyl sites for hydroxylation is 2. The van der Waals surface area contributed by atoms with Crippen LogP contribution in [0.4, 0.5) is 11.4 Å². The predicted molar refractivity (Wildman–Crippen MR) is 77.2 cm³/mol. The van der Waals surface area contributed by atoms with Gasteiger partial charge in [0, 0.05) is 6.54 Å². The van der Waals surface area contributed by atoms with E-state index in [1.165, 1.54) is 4.31 Å². The molecule has 0 saturated carbocycles. The third kappa shape index (κ3) is 1.70. The summed E-state index contributed by atoms with van der Waals surface area (Å²) in [4.78, 5) is 0.244. The normalized spacial score (nSPS) is 14.6. The smallest absolute Gasteiger partial charge is 0.268 e. The van der Waals surface area contributed by atoms with Crippen molar-refractivity contribution in [3.63, 3.8) is 0 Å². The number of aromatic amines is 1. The number of benzene rings is 1. The van der Waals surface area contributed by atoms with Crippen molar-refractivity contribution >= 4 is 21.4 Å². The van der Waals surface area contributed by atoms with Crippen LogP contribution in [0.15, 0.2) is 23.1 Å². The molecule has 1 aliphatic rings. The van der Waals surface area contributed by atoms with E-state index in [-0.39, 0.29) is 4.90 Å². The van der Waals surface area contributed by atoms with E-state index in [2.05, 4.69) is 10.2 Å². The molecule has 1 aromatic heterocycles. The summed E-state index contributed by atoms with van der Waals surface area (Å²) in [5, 5.41) is 6.69. The Balaban J connectivity index is 2.17. The van der Waals surface area contributed by atoms with Gasteiger partial charge in [0.2, 0.25) is 0 Å². The fraction of sp³-hybridized carbons (Fsp3) is 0.308. The van der Waals surface area contributed by atoms with Crippen LogP contribution in [-0.4, -0.2) is 25.2 Å². The Morgan fingerprint density at radius 1 is 1.35 bits per heavy atom. The van der Waals surface area contributed by atoms with Gasteiger partial charge in [0.1, 0.15) is 4.90 Å². The highest BCUT2D eigenvalue weighted by Crippen LogP contribution is 2.38. The molecule has 0 bridgehead atoms. The molecular formula is C13H16N4O2S. The van der Waals surface area contributed by atoms with Crippen molar-refractivity contribution in [3.05, 3.63) is 35.2 Å². The summed E-state index contributed by atoms with van der Waals surface area (Å²) in [6.45, 7) is 3.80. The molecule has 0 aliphatic carbocycles. The second-order valence-electron chi connectivity index (χ2n) is 4.95. The van der Waals surface area contributed by atoms with Gasteiger partial charge in [0.05, 0.1) is 22.8 Å². The Labute approximate surface area is 117 Å². The number of nitrogen functional groups attached to an aromatic ring is 1. The number of H-pyrrole nitrogens is 1. The Morgan fingerprint density at radius 2 is 2.10 bits per heavy atom. The van der Waals surface area contributed by atoms with Crippen LogP contribution in [0.2, 0.25) is 0 Å². The lowest BCUT2D eigenvalue weighted by atomic mass is 10.1. The van der Waals surface area contributed by atoms with E-state index in [0.29, 0.717) is 35.7 Å². The Morgan fingerprint density at radius 3 is 2.75 bits per heavy atom. The van der Waals surface area contributed by atoms with Gasteiger partial charge in [-0.3, -0.25) is 9.40 Å². The summed E-state index contributed by atoms with van der Waals surface area (Å²) < 4.78 is 27.1. The maximum Gasteiger partial charge on any atom is 0.268 e. The molecule has 0 unspecified atom stereocenters. The van der Waals surface area contributed by atoms with E-state index in [0.717, 1.165) is 5.56 Å². The van der Waals surface area contributed by atoms with Crippen LogP contribution < -0.4 is 10.0 Å². The van der Waals surface area contributed by atoms with Crippen LogP contribution in [0.25, 0.3) is 0 Å². The van der Waals surface area contributed by atoms with Gasteiger partial charge >= 0.3 is 0 Å². The topological polar surface area (TPSA) is 92.1 Å². The van der Waals surface area contributed by atoms with E-state index in [1.807, 2.05) is 12.1 Å². The summed E-state index contributed by atoms with van der Waals surface area (Å²) in [5.74, 6) is 0. The van der Waals surface area contributed by atoms with Crippen LogP contribution in [0, 0.1) is 13.8 Å². The maximum absolute atomic E-state index is 12.9. The molecule has 1 aliphatic heterocycles. The number of nitrogens with two attached hydrogens (primary N) is 1. The molecule has 0 spiro atoms. The molecule has 0 atom stereocenters. The molecule has 0 fully saturated rings.